The Hall–Kier alpha value is -1.95. The number of halogens is 1. The molecule has 1 amide bonds. The van der Waals surface area contributed by atoms with E-state index in [1.54, 1.807) is 42.6 Å². The number of benzene rings is 1. The van der Waals surface area contributed by atoms with E-state index < -0.39 is 5.60 Å². The molecule has 1 aromatic carbocycles. The van der Waals surface area contributed by atoms with Crippen molar-refractivity contribution in [3.05, 3.63) is 53.2 Å². The van der Waals surface area contributed by atoms with Crippen LogP contribution in [0.25, 0.3) is 11.3 Å². The number of aliphatic hydroxyl groups excluding tert-OH is 1. The van der Waals surface area contributed by atoms with E-state index in [9.17, 15) is 9.90 Å². The first kappa shape index (κ1) is 19.4. The molecule has 134 valence electrons. The van der Waals surface area contributed by atoms with Crippen LogP contribution in [0.2, 0.25) is 5.02 Å². The van der Waals surface area contributed by atoms with Crippen LogP contribution < -0.4 is 5.32 Å². The first-order chi connectivity index (χ1) is 12.0. The first-order valence-corrected chi connectivity index (χ1v) is 8.69. The predicted molar refractivity (Wildman–Crippen MR) is 98.6 cm³/mol. The van der Waals surface area contributed by atoms with E-state index in [1.165, 1.54) is 0 Å². The van der Waals surface area contributed by atoms with E-state index in [-0.39, 0.29) is 19.1 Å². The Bertz CT molecular complexity index is 706. The minimum absolute atomic E-state index is 0.0216. The largest absolute Gasteiger partial charge is 0.396 e. The van der Waals surface area contributed by atoms with Crippen LogP contribution in [0, 0.1) is 0 Å². The van der Waals surface area contributed by atoms with Gasteiger partial charge in [-0.2, -0.15) is 0 Å². The van der Waals surface area contributed by atoms with Gasteiger partial charge in [-0.1, -0.05) is 30.7 Å². The van der Waals surface area contributed by atoms with E-state index in [4.69, 9.17) is 16.7 Å². The van der Waals surface area contributed by atoms with Crippen molar-refractivity contribution in [1.82, 2.24) is 10.3 Å². The molecule has 25 heavy (non-hydrogen) atoms. The number of nitrogens with one attached hydrogen (secondary N) is 1. The Labute approximate surface area is 152 Å². The molecule has 0 radical (unpaired) electrons. The topological polar surface area (TPSA) is 82.5 Å². The quantitative estimate of drug-likeness (QED) is 0.674. The Morgan fingerprint density at radius 2 is 2.00 bits per heavy atom. The van der Waals surface area contributed by atoms with Gasteiger partial charge in [0.15, 0.2) is 0 Å². The van der Waals surface area contributed by atoms with E-state index in [0.29, 0.717) is 35.5 Å². The molecule has 0 saturated carbocycles. The normalized spacial score (nSPS) is 13.3. The van der Waals surface area contributed by atoms with E-state index >= 15 is 0 Å². The average Bonchev–Trinajstić information content (AvgIpc) is 2.65. The minimum Gasteiger partial charge on any atom is -0.396 e. The third-order valence-corrected chi connectivity index (χ3v) is 4.52. The summed E-state index contributed by atoms with van der Waals surface area (Å²) in [6, 6.07) is 10.5. The number of carbonyl (C=O) groups excluding carboxylic acids is 1. The zero-order chi connectivity index (χ0) is 18.3. The molecular formula is C19H23ClN2O3. The molecule has 3 N–H and O–H groups in total. The summed E-state index contributed by atoms with van der Waals surface area (Å²) in [7, 11) is 0. The van der Waals surface area contributed by atoms with Crippen molar-refractivity contribution in [2.24, 2.45) is 0 Å². The second-order valence-corrected chi connectivity index (χ2v) is 6.41. The maximum Gasteiger partial charge on any atom is 0.251 e. The summed E-state index contributed by atoms with van der Waals surface area (Å²) in [6.45, 7) is 2.03. The molecule has 1 heterocycles. The standard InChI is InChI=1S/C19H23ClN2O3/c1-2-19(25,10-4-12-23)13-22-18(24)15-8-6-14(7-9-15)17-16(20)5-3-11-21-17/h3,5-9,11,23,25H,2,4,10,12-13H2,1H3,(H,22,24)/t19-/m0/s1. The summed E-state index contributed by atoms with van der Waals surface area (Å²) < 4.78 is 0. The number of pyridine rings is 1. The highest BCUT2D eigenvalue weighted by atomic mass is 35.5. The van der Waals surface area contributed by atoms with Gasteiger partial charge in [0, 0.05) is 30.5 Å². The molecule has 1 atom stereocenters. The lowest BCUT2D eigenvalue weighted by Gasteiger charge is -2.26. The van der Waals surface area contributed by atoms with Gasteiger partial charge in [0.05, 0.1) is 16.3 Å². The van der Waals surface area contributed by atoms with E-state index in [0.717, 1.165) is 5.56 Å². The molecule has 0 aliphatic carbocycles. The van der Waals surface area contributed by atoms with Crippen molar-refractivity contribution in [1.29, 1.82) is 0 Å². The van der Waals surface area contributed by atoms with Gasteiger partial charge in [-0.25, -0.2) is 0 Å². The summed E-state index contributed by atoms with van der Waals surface area (Å²) in [5.41, 5.74) is 0.992. The molecular weight excluding hydrogens is 340 g/mol. The van der Waals surface area contributed by atoms with Gasteiger partial charge in [-0.3, -0.25) is 9.78 Å². The van der Waals surface area contributed by atoms with Crippen LogP contribution in [0.15, 0.2) is 42.6 Å². The lowest BCUT2D eigenvalue weighted by atomic mass is 9.94. The maximum atomic E-state index is 12.3. The summed E-state index contributed by atoms with van der Waals surface area (Å²) >= 11 is 6.13. The third-order valence-electron chi connectivity index (χ3n) is 4.22. The summed E-state index contributed by atoms with van der Waals surface area (Å²) in [6.07, 6.45) is 3.11. The molecule has 0 spiro atoms. The second kappa shape index (κ2) is 8.94. The Kier molecular flexibility index (Phi) is 6.93. The Morgan fingerprint density at radius 3 is 2.60 bits per heavy atom. The maximum absolute atomic E-state index is 12.3. The number of aliphatic hydroxyl groups is 2. The molecule has 0 saturated heterocycles. The van der Waals surface area contributed by atoms with Crippen LogP contribution in [-0.4, -0.2) is 39.9 Å². The zero-order valence-corrected chi connectivity index (χ0v) is 15.0. The van der Waals surface area contributed by atoms with Crippen LogP contribution in [0.1, 0.15) is 36.5 Å². The molecule has 0 unspecified atom stereocenters. The van der Waals surface area contributed by atoms with Gasteiger partial charge in [-0.05, 0) is 43.5 Å². The van der Waals surface area contributed by atoms with Crippen LogP contribution in [0.5, 0.6) is 0 Å². The predicted octanol–water partition coefficient (Wildman–Crippen LogP) is 3.05. The van der Waals surface area contributed by atoms with Crippen LogP contribution in [0.3, 0.4) is 0 Å². The van der Waals surface area contributed by atoms with E-state index in [1.807, 2.05) is 6.92 Å². The third kappa shape index (κ3) is 5.26. The van der Waals surface area contributed by atoms with Crippen LogP contribution in [0.4, 0.5) is 0 Å². The molecule has 0 bridgehead atoms. The average molecular weight is 363 g/mol. The lowest BCUT2D eigenvalue weighted by molar-refractivity contribution is 0.0212. The van der Waals surface area contributed by atoms with Crippen LogP contribution in [-0.2, 0) is 0 Å². The van der Waals surface area contributed by atoms with Crippen molar-refractivity contribution < 1.29 is 15.0 Å². The molecule has 0 fully saturated rings. The highest BCUT2D eigenvalue weighted by Gasteiger charge is 2.24. The highest BCUT2D eigenvalue weighted by Crippen LogP contribution is 2.25. The van der Waals surface area contributed by atoms with Crippen molar-refractivity contribution >= 4 is 17.5 Å². The molecule has 5 nitrogen and oxygen atoms in total. The SMILES string of the molecule is CC[C@](O)(CCCO)CNC(=O)c1ccc(-c2ncccc2Cl)cc1. The van der Waals surface area contributed by atoms with Gasteiger partial charge >= 0.3 is 0 Å². The van der Waals surface area contributed by atoms with Gasteiger partial charge < -0.3 is 15.5 Å². The molecule has 0 aliphatic rings. The number of hydrogen-bond acceptors (Lipinski definition) is 4. The second-order valence-electron chi connectivity index (χ2n) is 6.00. The molecule has 6 heteroatoms. The monoisotopic (exact) mass is 362 g/mol. The number of rotatable bonds is 8. The van der Waals surface area contributed by atoms with Crippen molar-refractivity contribution in [2.45, 2.75) is 31.8 Å². The molecule has 0 aliphatic heterocycles. The van der Waals surface area contributed by atoms with Gasteiger partial charge in [0.25, 0.3) is 5.91 Å². The fourth-order valence-electron chi connectivity index (χ4n) is 2.52. The first-order valence-electron chi connectivity index (χ1n) is 8.31. The number of hydrogen-bond donors (Lipinski definition) is 3. The van der Waals surface area contributed by atoms with Crippen molar-refractivity contribution in [3.8, 4) is 11.3 Å². The molecule has 2 aromatic rings. The van der Waals surface area contributed by atoms with E-state index in [2.05, 4.69) is 10.3 Å². The summed E-state index contributed by atoms with van der Waals surface area (Å²) in [5, 5.41) is 22.6. The number of nitrogens with zero attached hydrogens (tertiary/aromatic N) is 1. The number of amides is 1. The Morgan fingerprint density at radius 1 is 1.28 bits per heavy atom. The fraction of sp³-hybridized carbons (Fsp3) is 0.368. The summed E-state index contributed by atoms with van der Waals surface area (Å²) in [4.78, 5) is 16.5. The highest BCUT2D eigenvalue weighted by molar-refractivity contribution is 6.33. The van der Waals surface area contributed by atoms with Gasteiger partial charge in [0.1, 0.15) is 0 Å². The number of carbonyl (C=O) groups is 1. The smallest absolute Gasteiger partial charge is 0.251 e. The summed E-state index contributed by atoms with van der Waals surface area (Å²) in [5.74, 6) is -0.255. The zero-order valence-electron chi connectivity index (χ0n) is 14.2. The minimum atomic E-state index is -1.00. The fourth-order valence-corrected chi connectivity index (χ4v) is 2.75. The van der Waals surface area contributed by atoms with Crippen molar-refractivity contribution in [3.63, 3.8) is 0 Å². The van der Waals surface area contributed by atoms with Crippen LogP contribution >= 0.6 is 11.6 Å². The van der Waals surface area contributed by atoms with Crippen molar-refractivity contribution in [2.75, 3.05) is 13.2 Å². The molecule has 2 rings (SSSR count). The Balaban J connectivity index is 2.02. The molecule has 1 aromatic heterocycles. The number of aromatic nitrogens is 1. The van der Waals surface area contributed by atoms with Gasteiger partial charge in [-0.15, -0.1) is 0 Å². The van der Waals surface area contributed by atoms with Gasteiger partial charge in [0.2, 0.25) is 0 Å². The lowest BCUT2D eigenvalue weighted by Crippen LogP contribution is -2.42.